The van der Waals surface area contributed by atoms with Gasteiger partial charge in [-0.25, -0.2) is 4.79 Å². The van der Waals surface area contributed by atoms with Crippen LogP contribution >= 0.6 is 0 Å². The summed E-state index contributed by atoms with van der Waals surface area (Å²) in [6.45, 7) is 3.71. The first-order chi connectivity index (χ1) is 9.15. The first-order valence-electron chi connectivity index (χ1n) is 6.27. The van der Waals surface area contributed by atoms with Gasteiger partial charge in [0.05, 0.1) is 20.3 Å². The molecule has 1 unspecified atom stereocenters. The van der Waals surface area contributed by atoms with Gasteiger partial charge in [0.2, 0.25) is 0 Å². The lowest BCUT2D eigenvalue weighted by Crippen LogP contribution is -2.29. The molecule has 0 aliphatic carbocycles. The maximum atomic E-state index is 11.7. The summed E-state index contributed by atoms with van der Waals surface area (Å²) in [7, 11) is 1.55. The maximum Gasteiger partial charge on any atom is 0.347 e. The van der Waals surface area contributed by atoms with E-state index in [9.17, 15) is 9.90 Å². The molecule has 0 fully saturated rings. The summed E-state index contributed by atoms with van der Waals surface area (Å²) in [6, 6.07) is 5.06. The minimum Gasteiger partial charge on any atom is -0.497 e. The Bertz CT molecular complexity index is 416. The highest BCUT2D eigenvalue weighted by molar-refractivity contribution is 5.75. The van der Waals surface area contributed by atoms with Crippen molar-refractivity contribution in [2.75, 3.05) is 13.7 Å². The first-order valence-corrected chi connectivity index (χ1v) is 6.27. The Balaban J connectivity index is 2.87. The van der Waals surface area contributed by atoms with Crippen molar-refractivity contribution in [3.8, 4) is 11.5 Å². The SMILES string of the molecule is CCOC(=O)C(CC)Oc1ccc(OC)cc1CO. The molecular weight excluding hydrogens is 248 g/mol. The van der Waals surface area contributed by atoms with Gasteiger partial charge in [0, 0.05) is 5.56 Å². The van der Waals surface area contributed by atoms with E-state index >= 15 is 0 Å². The minimum absolute atomic E-state index is 0.189. The van der Waals surface area contributed by atoms with E-state index in [2.05, 4.69) is 0 Å². The normalized spacial score (nSPS) is 11.8. The summed E-state index contributed by atoms with van der Waals surface area (Å²) in [6.07, 6.45) is -0.172. The summed E-state index contributed by atoms with van der Waals surface area (Å²) in [4.78, 5) is 11.7. The van der Waals surface area contributed by atoms with E-state index in [4.69, 9.17) is 14.2 Å². The predicted molar refractivity (Wildman–Crippen MR) is 70.3 cm³/mol. The number of methoxy groups -OCH3 is 1. The van der Waals surface area contributed by atoms with Crippen LogP contribution in [0.25, 0.3) is 0 Å². The van der Waals surface area contributed by atoms with Gasteiger partial charge in [0.25, 0.3) is 0 Å². The average molecular weight is 268 g/mol. The quantitative estimate of drug-likeness (QED) is 0.765. The van der Waals surface area contributed by atoms with Crippen LogP contribution < -0.4 is 9.47 Å². The molecule has 0 heterocycles. The largest absolute Gasteiger partial charge is 0.497 e. The molecule has 1 N–H and O–H groups in total. The topological polar surface area (TPSA) is 65.0 Å². The van der Waals surface area contributed by atoms with Crippen molar-refractivity contribution in [2.24, 2.45) is 0 Å². The van der Waals surface area contributed by atoms with Gasteiger partial charge in [-0.1, -0.05) is 6.92 Å². The number of benzene rings is 1. The Morgan fingerprint density at radius 2 is 2.11 bits per heavy atom. The number of carbonyl (C=O) groups excluding carboxylic acids is 1. The molecule has 0 bridgehead atoms. The Morgan fingerprint density at radius 3 is 2.63 bits per heavy atom. The first kappa shape index (κ1) is 15.3. The van der Waals surface area contributed by atoms with E-state index in [0.29, 0.717) is 30.1 Å². The summed E-state index contributed by atoms with van der Waals surface area (Å²) in [5.41, 5.74) is 0.571. The van der Waals surface area contributed by atoms with Crippen molar-refractivity contribution in [1.29, 1.82) is 0 Å². The molecule has 1 aromatic carbocycles. The van der Waals surface area contributed by atoms with E-state index in [1.165, 1.54) is 0 Å². The van der Waals surface area contributed by atoms with Gasteiger partial charge in [0.1, 0.15) is 11.5 Å². The van der Waals surface area contributed by atoms with E-state index in [0.717, 1.165) is 0 Å². The number of aliphatic hydroxyl groups excluding tert-OH is 1. The summed E-state index contributed by atoms with van der Waals surface area (Å²) in [5, 5.41) is 9.31. The molecule has 106 valence electrons. The van der Waals surface area contributed by atoms with Gasteiger partial charge >= 0.3 is 5.97 Å². The molecule has 1 rings (SSSR count). The average Bonchev–Trinajstić information content (AvgIpc) is 2.44. The Hall–Kier alpha value is -1.75. The molecule has 0 saturated heterocycles. The lowest BCUT2D eigenvalue weighted by atomic mass is 10.2. The van der Waals surface area contributed by atoms with Crippen molar-refractivity contribution in [1.82, 2.24) is 0 Å². The fraction of sp³-hybridized carbons (Fsp3) is 0.500. The van der Waals surface area contributed by atoms with E-state index in [-0.39, 0.29) is 6.61 Å². The monoisotopic (exact) mass is 268 g/mol. The summed E-state index contributed by atoms with van der Waals surface area (Å²) >= 11 is 0. The summed E-state index contributed by atoms with van der Waals surface area (Å²) < 4.78 is 15.6. The molecule has 0 aromatic heterocycles. The second-order valence-corrected chi connectivity index (χ2v) is 3.90. The lowest BCUT2D eigenvalue weighted by Gasteiger charge is -2.18. The third-order valence-corrected chi connectivity index (χ3v) is 2.63. The van der Waals surface area contributed by atoms with Crippen molar-refractivity contribution < 1.29 is 24.1 Å². The van der Waals surface area contributed by atoms with E-state index in [1.807, 2.05) is 6.92 Å². The van der Waals surface area contributed by atoms with Crippen molar-refractivity contribution in [3.05, 3.63) is 23.8 Å². The second-order valence-electron chi connectivity index (χ2n) is 3.90. The molecule has 1 aromatic rings. The van der Waals surface area contributed by atoms with Crippen LogP contribution in [0.2, 0.25) is 0 Å². The van der Waals surface area contributed by atoms with Gasteiger partial charge in [0.15, 0.2) is 6.10 Å². The number of ether oxygens (including phenoxy) is 3. The molecule has 0 radical (unpaired) electrons. The molecule has 5 heteroatoms. The Labute approximate surface area is 113 Å². The predicted octanol–water partition coefficient (Wildman–Crippen LogP) is 1.91. The minimum atomic E-state index is -0.668. The third kappa shape index (κ3) is 4.13. The molecule has 0 saturated carbocycles. The molecule has 19 heavy (non-hydrogen) atoms. The number of esters is 1. The van der Waals surface area contributed by atoms with Crippen molar-refractivity contribution in [2.45, 2.75) is 33.0 Å². The highest BCUT2D eigenvalue weighted by Crippen LogP contribution is 2.25. The maximum absolute atomic E-state index is 11.7. The molecule has 0 spiro atoms. The van der Waals surface area contributed by atoms with Gasteiger partial charge in [-0.2, -0.15) is 0 Å². The number of carbonyl (C=O) groups is 1. The van der Waals surface area contributed by atoms with Crippen LogP contribution in [0.15, 0.2) is 18.2 Å². The van der Waals surface area contributed by atoms with Crippen molar-refractivity contribution >= 4 is 5.97 Å². The molecule has 0 aliphatic rings. The van der Waals surface area contributed by atoms with Gasteiger partial charge in [-0.15, -0.1) is 0 Å². The van der Waals surface area contributed by atoms with Crippen LogP contribution in [0.3, 0.4) is 0 Å². The third-order valence-electron chi connectivity index (χ3n) is 2.63. The number of hydrogen-bond donors (Lipinski definition) is 1. The highest BCUT2D eigenvalue weighted by Gasteiger charge is 2.20. The van der Waals surface area contributed by atoms with Gasteiger partial charge in [-0.05, 0) is 31.5 Å². The smallest absolute Gasteiger partial charge is 0.347 e. The Morgan fingerprint density at radius 1 is 1.37 bits per heavy atom. The molecule has 0 amide bonds. The second kappa shape index (κ2) is 7.63. The standard InChI is InChI=1S/C14H20O5/c1-4-12(14(16)18-5-2)19-13-7-6-11(17-3)8-10(13)9-15/h6-8,12,15H,4-5,9H2,1-3H3. The highest BCUT2D eigenvalue weighted by atomic mass is 16.6. The van der Waals surface area contributed by atoms with E-state index in [1.54, 1.807) is 32.2 Å². The van der Waals surface area contributed by atoms with Crippen LogP contribution in [0.5, 0.6) is 11.5 Å². The summed E-state index contributed by atoms with van der Waals surface area (Å²) in [5.74, 6) is 0.688. The molecule has 1 atom stereocenters. The molecule has 5 nitrogen and oxygen atoms in total. The number of rotatable bonds is 7. The fourth-order valence-electron chi connectivity index (χ4n) is 1.61. The Kier molecular flexibility index (Phi) is 6.15. The zero-order valence-electron chi connectivity index (χ0n) is 11.5. The zero-order chi connectivity index (χ0) is 14.3. The van der Waals surface area contributed by atoms with Crippen LogP contribution in [-0.4, -0.2) is 30.9 Å². The van der Waals surface area contributed by atoms with Gasteiger partial charge < -0.3 is 19.3 Å². The zero-order valence-corrected chi connectivity index (χ0v) is 11.5. The van der Waals surface area contributed by atoms with Crippen molar-refractivity contribution in [3.63, 3.8) is 0 Å². The number of hydrogen-bond acceptors (Lipinski definition) is 5. The van der Waals surface area contributed by atoms with E-state index < -0.39 is 12.1 Å². The fourth-order valence-corrected chi connectivity index (χ4v) is 1.61. The van der Waals surface area contributed by atoms with Crippen LogP contribution in [0.4, 0.5) is 0 Å². The van der Waals surface area contributed by atoms with Crippen LogP contribution in [0.1, 0.15) is 25.8 Å². The number of aliphatic hydroxyl groups is 1. The lowest BCUT2D eigenvalue weighted by molar-refractivity contribution is -0.151. The van der Waals surface area contributed by atoms with Crippen LogP contribution in [-0.2, 0) is 16.1 Å². The molecular formula is C14H20O5. The van der Waals surface area contributed by atoms with Crippen LogP contribution in [0, 0.1) is 0 Å². The molecule has 0 aliphatic heterocycles. The van der Waals surface area contributed by atoms with Gasteiger partial charge in [-0.3, -0.25) is 0 Å².